The second kappa shape index (κ2) is 5.23. The van der Waals surface area contributed by atoms with Crippen molar-refractivity contribution in [1.82, 2.24) is 4.98 Å². The standard InChI is InChI=1S/C14H11NO3/c1-10(16)12-6-2-3-7-13(12)18-14(17)11-5-4-8-15-9-11/h2-9H,1H3. The van der Waals surface area contributed by atoms with Gasteiger partial charge < -0.3 is 4.74 Å². The first-order chi connectivity index (χ1) is 8.68. The number of Topliss-reactive ketones (excluding diaryl/α,β-unsaturated/α-hetero) is 1. The summed E-state index contributed by atoms with van der Waals surface area (Å²) in [6.45, 7) is 1.43. The highest BCUT2D eigenvalue weighted by atomic mass is 16.5. The van der Waals surface area contributed by atoms with Gasteiger partial charge in [0.15, 0.2) is 5.78 Å². The topological polar surface area (TPSA) is 56.3 Å². The molecule has 0 atom stereocenters. The zero-order valence-electron chi connectivity index (χ0n) is 9.79. The van der Waals surface area contributed by atoms with E-state index in [9.17, 15) is 9.59 Å². The number of esters is 1. The zero-order chi connectivity index (χ0) is 13.0. The molecule has 1 aromatic heterocycles. The normalized spacial score (nSPS) is 9.83. The van der Waals surface area contributed by atoms with E-state index in [2.05, 4.69) is 4.98 Å². The Morgan fingerprint density at radius 2 is 1.89 bits per heavy atom. The number of ketones is 1. The van der Waals surface area contributed by atoms with Crippen LogP contribution in [0.4, 0.5) is 0 Å². The molecule has 1 aromatic carbocycles. The van der Waals surface area contributed by atoms with Crippen molar-refractivity contribution in [3.05, 3.63) is 59.9 Å². The maximum absolute atomic E-state index is 11.8. The van der Waals surface area contributed by atoms with Gasteiger partial charge in [0.2, 0.25) is 0 Å². The van der Waals surface area contributed by atoms with E-state index in [1.54, 1.807) is 42.6 Å². The van der Waals surface area contributed by atoms with E-state index < -0.39 is 5.97 Å². The molecule has 0 aliphatic heterocycles. The number of ether oxygens (including phenoxy) is 1. The van der Waals surface area contributed by atoms with Gasteiger partial charge in [-0.3, -0.25) is 9.78 Å². The summed E-state index contributed by atoms with van der Waals surface area (Å²) in [5.74, 6) is -0.416. The Morgan fingerprint density at radius 3 is 2.56 bits per heavy atom. The molecule has 0 fully saturated rings. The van der Waals surface area contributed by atoms with E-state index in [0.29, 0.717) is 11.1 Å². The number of para-hydroxylation sites is 1. The molecular formula is C14H11NO3. The molecule has 0 N–H and O–H groups in total. The van der Waals surface area contributed by atoms with E-state index in [0.717, 1.165) is 0 Å². The van der Waals surface area contributed by atoms with Crippen LogP contribution in [0.3, 0.4) is 0 Å². The number of hydrogen-bond acceptors (Lipinski definition) is 4. The molecule has 0 spiro atoms. The largest absolute Gasteiger partial charge is 0.422 e. The Labute approximate surface area is 104 Å². The van der Waals surface area contributed by atoms with Gasteiger partial charge in [0.05, 0.1) is 11.1 Å². The minimum absolute atomic E-state index is 0.149. The van der Waals surface area contributed by atoms with E-state index in [1.807, 2.05) is 0 Å². The van der Waals surface area contributed by atoms with Gasteiger partial charge in [-0.2, -0.15) is 0 Å². The van der Waals surface area contributed by atoms with Crippen LogP contribution in [0, 0.1) is 0 Å². The number of carbonyl (C=O) groups excluding carboxylic acids is 2. The number of aromatic nitrogens is 1. The maximum atomic E-state index is 11.8. The van der Waals surface area contributed by atoms with Crippen molar-refractivity contribution >= 4 is 11.8 Å². The molecule has 4 nitrogen and oxygen atoms in total. The molecule has 1 heterocycles. The summed E-state index contributed by atoms with van der Waals surface area (Å²) in [7, 11) is 0. The van der Waals surface area contributed by atoms with Gasteiger partial charge in [0.25, 0.3) is 0 Å². The fourth-order valence-corrected chi connectivity index (χ4v) is 1.49. The molecule has 18 heavy (non-hydrogen) atoms. The summed E-state index contributed by atoms with van der Waals surface area (Å²) in [4.78, 5) is 27.0. The Morgan fingerprint density at radius 1 is 1.11 bits per heavy atom. The van der Waals surface area contributed by atoms with E-state index in [-0.39, 0.29) is 11.5 Å². The first-order valence-electron chi connectivity index (χ1n) is 5.40. The van der Waals surface area contributed by atoms with Crippen molar-refractivity contribution in [2.45, 2.75) is 6.92 Å². The van der Waals surface area contributed by atoms with Gasteiger partial charge in [0.1, 0.15) is 5.75 Å². The Balaban J connectivity index is 2.25. The molecule has 90 valence electrons. The van der Waals surface area contributed by atoms with Crippen LogP contribution in [0.25, 0.3) is 0 Å². The zero-order valence-corrected chi connectivity index (χ0v) is 9.79. The molecule has 0 aliphatic carbocycles. The lowest BCUT2D eigenvalue weighted by Gasteiger charge is -2.07. The SMILES string of the molecule is CC(=O)c1ccccc1OC(=O)c1cccnc1. The van der Waals surface area contributed by atoms with E-state index in [1.165, 1.54) is 13.1 Å². The van der Waals surface area contributed by atoms with Gasteiger partial charge in [-0.15, -0.1) is 0 Å². The quantitative estimate of drug-likeness (QED) is 0.470. The third-order valence-corrected chi connectivity index (χ3v) is 2.37. The number of nitrogens with zero attached hydrogens (tertiary/aromatic N) is 1. The molecule has 0 amide bonds. The van der Waals surface area contributed by atoms with Crippen molar-refractivity contribution in [2.24, 2.45) is 0 Å². The summed E-state index contributed by atoms with van der Waals surface area (Å²) in [5, 5.41) is 0. The van der Waals surface area contributed by atoms with Crippen molar-refractivity contribution in [3.8, 4) is 5.75 Å². The fraction of sp³-hybridized carbons (Fsp3) is 0.0714. The highest BCUT2D eigenvalue weighted by Crippen LogP contribution is 2.19. The van der Waals surface area contributed by atoms with Crippen molar-refractivity contribution in [3.63, 3.8) is 0 Å². The van der Waals surface area contributed by atoms with Gasteiger partial charge in [-0.25, -0.2) is 4.79 Å². The van der Waals surface area contributed by atoms with E-state index in [4.69, 9.17) is 4.74 Å². The van der Waals surface area contributed by atoms with Crippen LogP contribution in [0.5, 0.6) is 5.75 Å². The second-order valence-corrected chi connectivity index (χ2v) is 3.68. The predicted molar refractivity (Wildman–Crippen MR) is 65.6 cm³/mol. The van der Waals surface area contributed by atoms with Crippen molar-refractivity contribution < 1.29 is 14.3 Å². The van der Waals surface area contributed by atoms with Crippen molar-refractivity contribution in [1.29, 1.82) is 0 Å². The van der Waals surface area contributed by atoms with Gasteiger partial charge in [0, 0.05) is 12.4 Å². The van der Waals surface area contributed by atoms with Gasteiger partial charge in [-0.05, 0) is 31.2 Å². The van der Waals surface area contributed by atoms with Crippen LogP contribution in [0.1, 0.15) is 27.6 Å². The maximum Gasteiger partial charge on any atom is 0.345 e. The molecule has 0 radical (unpaired) electrons. The first kappa shape index (κ1) is 12.0. The van der Waals surface area contributed by atoms with Crippen LogP contribution >= 0.6 is 0 Å². The lowest BCUT2D eigenvalue weighted by Crippen LogP contribution is -2.11. The Kier molecular flexibility index (Phi) is 3.48. The number of hydrogen-bond donors (Lipinski definition) is 0. The molecule has 0 aliphatic rings. The first-order valence-corrected chi connectivity index (χ1v) is 5.40. The van der Waals surface area contributed by atoms with Crippen LogP contribution < -0.4 is 4.74 Å². The van der Waals surface area contributed by atoms with Gasteiger partial charge >= 0.3 is 5.97 Å². The summed E-state index contributed by atoms with van der Waals surface area (Å²) in [6.07, 6.45) is 2.99. The number of carbonyl (C=O) groups is 2. The van der Waals surface area contributed by atoms with Crippen LogP contribution in [0.2, 0.25) is 0 Å². The van der Waals surface area contributed by atoms with Crippen LogP contribution in [-0.4, -0.2) is 16.7 Å². The average molecular weight is 241 g/mol. The highest BCUT2D eigenvalue weighted by Gasteiger charge is 2.13. The summed E-state index contributed by atoms with van der Waals surface area (Å²) in [5.41, 5.74) is 0.727. The summed E-state index contributed by atoms with van der Waals surface area (Å²) < 4.78 is 5.19. The number of benzene rings is 1. The molecule has 4 heteroatoms. The highest BCUT2D eigenvalue weighted by molar-refractivity contribution is 5.98. The van der Waals surface area contributed by atoms with Crippen molar-refractivity contribution in [2.75, 3.05) is 0 Å². The summed E-state index contributed by atoms with van der Waals surface area (Å²) in [6, 6.07) is 9.88. The van der Waals surface area contributed by atoms with Crippen LogP contribution in [0.15, 0.2) is 48.8 Å². The third kappa shape index (κ3) is 2.60. The molecule has 2 rings (SSSR count). The van der Waals surface area contributed by atoms with Crippen LogP contribution in [-0.2, 0) is 0 Å². The molecule has 0 saturated heterocycles. The monoisotopic (exact) mass is 241 g/mol. The minimum atomic E-state index is -0.531. The molecule has 2 aromatic rings. The van der Waals surface area contributed by atoms with Gasteiger partial charge in [-0.1, -0.05) is 12.1 Å². The number of rotatable bonds is 3. The third-order valence-electron chi connectivity index (χ3n) is 2.37. The minimum Gasteiger partial charge on any atom is -0.422 e. The van der Waals surface area contributed by atoms with E-state index >= 15 is 0 Å². The lowest BCUT2D eigenvalue weighted by atomic mass is 10.1. The lowest BCUT2D eigenvalue weighted by molar-refractivity contribution is 0.0732. The fourth-order valence-electron chi connectivity index (χ4n) is 1.49. The predicted octanol–water partition coefficient (Wildman–Crippen LogP) is 2.50. The number of pyridine rings is 1. The molecular weight excluding hydrogens is 230 g/mol. The molecule has 0 bridgehead atoms. The average Bonchev–Trinajstić information content (AvgIpc) is 2.40. The Bertz CT molecular complexity index is 579. The second-order valence-electron chi connectivity index (χ2n) is 3.68. The molecule has 0 unspecified atom stereocenters. The smallest absolute Gasteiger partial charge is 0.345 e. The summed E-state index contributed by atoms with van der Waals surface area (Å²) >= 11 is 0. The molecule has 0 saturated carbocycles. The Hall–Kier alpha value is -2.49.